The summed E-state index contributed by atoms with van der Waals surface area (Å²) in [5.74, 6) is 1.27. The van der Waals surface area contributed by atoms with Crippen molar-refractivity contribution in [2.45, 2.75) is 19.9 Å². The highest BCUT2D eigenvalue weighted by Crippen LogP contribution is 2.30. The van der Waals surface area contributed by atoms with Crippen LogP contribution >= 0.6 is 0 Å². The number of aryl methyl sites for hydroxylation is 1. The lowest BCUT2D eigenvalue weighted by Gasteiger charge is -2.25. The first-order valence-corrected chi connectivity index (χ1v) is 10.2. The second-order valence-corrected chi connectivity index (χ2v) is 7.90. The number of nitrogens with one attached hydrogen (secondary N) is 1. The molecule has 2 aromatic carbocycles. The Balaban J connectivity index is 1.39. The summed E-state index contributed by atoms with van der Waals surface area (Å²) >= 11 is 0. The molecular weight excluding hydrogens is 390 g/mol. The molecule has 0 saturated heterocycles. The first-order chi connectivity index (χ1) is 15.1. The zero-order valence-electron chi connectivity index (χ0n) is 17.5. The van der Waals surface area contributed by atoms with Gasteiger partial charge in [0.1, 0.15) is 12.1 Å². The van der Waals surface area contributed by atoms with E-state index in [1.54, 1.807) is 17.1 Å². The largest absolute Gasteiger partial charge is 0.439 e. The lowest BCUT2D eigenvalue weighted by atomic mass is 10.1. The summed E-state index contributed by atoms with van der Waals surface area (Å²) in [6, 6.07) is 15.1. The second-order valence-electron chi connectivity index (χ2n) is 7.90. The number of fused-ring (bicyclic) bond motifs is 2. The van der Waals surface area contributed by atoms with Crippen molar-refractivity contribution in [3.05, 3.63) is 77.9 Å². The number of ether oxygens (including phenoxy) is 1. The van der Waals surface area contributed by atoms with E-state index in [0.717, 1.165) is 52.9 Å². The highest BCUT2D eigenvalue weighted by Gasteiger charge is 2.20. The molecule has 4 aromatic rings. The van der Waals surface area contributed by atoms with E-state index in [9.17, 15) is 4.79 Å². The van der Waals surface area contributed by atoms with Gasteiger partial charge in [0, 0.05) is 36.8 Å². The van der Waals surface area contributed by atoms with Crippen LogP contribution in [0.15, 0.2) is 61.1 Å². The van der Waals surface area contributed by atoms with Crippen LogP contribution < -0.4 is 10.1 Å². The number of hydrogen-bond donors (Lipinski definition) is 1. The van der Waals surface area contributed by atoms with Gasteiger partial charge >= 0.3 is 6.03 Å². The normalized spacial score (nSPS) is 13.7. The number of carbonyl (C=O) groups excluding carboxylic acids is 1. The van der Waals surface area contributed by atoms with Crippen LogP contribution in [0.2, 0.25) is 0 Å². The fraction of sp³-hybridized carbons (Fsp3) is 0.208. The van der Waals surface area contributed by atoms with E-state index in [4.69, 9.17) is 4.74 Å². The molecule has 0 atom stereocenters. The molecule has 7 heteroatoms. The number of likely N-dealkylation sites (N-methyl/N-ethyl adjacent to an activating group) is 1. The average Bonchev–Trinajstić information content (AvgIpc) is 3.18. The fourth-order valence-electron chi connectivity index (χ4n) is 3.92. The Hall–Kier alpha value is -3.71. The zero-order valence-corrected chi connectivity index (χ0v) is 17.5. The first-order valence-electron chi connectivity index (χ1n) is 10.2. The van der Waals surface area contributed by atoms with Crippen molar-refractivity contribution in [3.8, 4) is 11.6 Å². The number of nitrogens with zero attached hydrogens (tertiary/aromatic N) is 4. The molecule has 1 aliphatic heterocycles. The van der Waals surface area contributed by atoms with Gasteiger partial charge in [-0.15, -0.1) is 0 Å². The third-order valence-electron chi connectivity index (χ3n) is 5.52. The molecule has 0 spiro atoms. The van der Waals surface area contributed by atoms with Gasteiger partial charge in [-0.05, 0) is 55.9 Å². The standard InChI is InChI=1S/C24H23N5O2/c1-16-4-3-5-18(12-16)27-24(30)29-11-8-17-13-19(6-7-22(17)29)31-23-20-14-28(2)10-9-21(20)25-15-26-23/h3-8,11-13,15H,9-10,14H2,1-2H3,(H,27,30). The van der Waals surface area contributed by atoms with Gasteiger partial charge in [0.05, 0.1) is 16.8 Å². The van der Waals surface area contributed by atoms with Crippen molar-refractivity contribution in [2.75, 3.05) is 18.9 Å². The van der Waals surface area contributed by atoms with Crippen molar-refractivity contribution < 1.29 is 9.53 Å². The third kappa shape index (κ3) is 3.87. The maximum atomic E-state index is 12.8. The molecule has 0 aliphatic carbocycles. The van der Waals surface area contributed by atoms with Gasteiger partial charge in [-0.1, -0.05) is 12.1 Å². The Morgan fingerprint density at radius 2 is 2.03 bits per heavy atom. The summed E-state index contributed by atoms with van der Waals surface area (Å²) in [7, 11) is 2.08. The van der Waals surface area contributed by atoms with E-state index in [0.29, 0.717) is 11.6 Å². The number of aromatic nitrogens is 3. The second kappa shape index (κ2) is 7.85. The number of carbonyl (C=O) groups is 1. The average molecular weight is 413 g/mol. The van der Waals surface area contributed by atoms with Crippen LogP contribution in [0.1, 0.15) is 16.8 Å². The summed E-state index contributed by atoms with van der Waals surface area (Å²) in [5, 5.41) is 3.86. The molecule has 1 aliphatic rings. The first kappa shape index (κ1) is 19.3. The SMILES string of the molecule is Cc1cccc(NC(=O)n2ccc3cc(Oc4ncnc5c4CN(C)CC5)ccc32)c1. The maximum Gasteiger partial charge on any atom is 0.330 e. The Morgan fingerprint density at radius 1 is 1.13 bits per heavy atom. The maximum absolute atomic E-state index is 12.8. The minimum atomic E-state index is -0.206. The molecule has 0 saturated carbocycles. The number of anilines is 1. The van der Waals surface area contributed by atoms with Crippen LogP contribution in [0.25, 0.3) is 10.9 Å². The molecule has 156 valence electrons. The van der Waals surface area contributed by atoms with Crippen LogP contribution in [0.3, 0.4) is 0 Å². The number of rotatable bonds is 3. The van der Waals surface area contributed by atoms with Crippen molar-refractivity contribution in [2.24, 2.45) is 0 Å². The lowest BCUT2D eigenvalue weighted by molar-refractivity contribution is 0.254. The molecule has 5 rings (SSSR count). The zero-order chi connectivity index (χ0) is 21.4. The van der Waals surface area contributed by atoms with Gasteiger partial charge < -0.3 is 15.0 Å². The molecule has 31 heavy (non-hydrogen) atoms. The van der Waals surface area contributed by atoms with E-state index < -0.39 is 0 Å². The van der Waals surface area contributed by atoms with E-state index >= 15 is 0 Å². The van der Waals surface area contributed by atoms with E-state index in [1.165, 1.54) is 0 Å². The monoisotopic (exact) mass is 413 g/mol. The predicted molar refractivity (Wildman–Crippen MR) is 120 cm³/mol. The summed E-state index contributed by atoms with van der Waals surface area (Å²) in [6.07, 6.45) is 4.22. The van der Waals surface area contributed by atoms with E-state index in [-0.39, 0.29) is 6.03 Å². The quantitative estimate of drug-likeness (QED) is 0.531. The summed E-state index contributed by atoms with van der Waals surface area (Å²) < 4.78 is 7.72. The third-order valence-corrected chi connectivity index (χ3v) is 5.52. The lowest BCUT2D eigenvalue weighted by Crippen LogP contribution is -2.27. The van der Waals surface area contributed by atoms with Gasteiger partial charge in [0.25, 0.3) is 0 Å². The molecule has 0 unspecified atom stereocenters. The molecule has 3 heterocycles. The molecule has 0 radical (unpaired) electrons. The number of amides is 1. The highest BCUT2D eigenvalue weighted by molar-refractivity contribution is 5.98. The Kier molecular flexibility index (Phi) is 4.88. The topological polar surface area (TPSA) is 72.3 Å². The number of benzene rings is 2. The van der Waals surface area contributed by atoms with Crippen molar-refractivity contribution >= 4 is 22.6 Å². The van der Waals surface area contributed by atoms with Crippen LogP contribution in [-0.2, 0) is 13.0 Å². The van der Waals surface area contributed by atoms with Crippen molar-refractivity contribution in [3.63, 3.8) is 0 Å². The molecule has 1 N–H and O–H groups in total. The smallest absolute Gasteiger partial charge is 0.330 e. The van der Waals surface area contributed by atoms with Gasteiger partial charge in [0.2, 0.25) is 5.88 Å². The molecule has 0 bridgehead atoms. The van der Waals surface area contributed by atoms with Crippen LogP contribution in [-0.4, -0.2) is 39.1 Å². The summed E-state index contributed by atoms with van der Waals surface area (Å²) in [5.41, 5.74) is 4.75. The highest BCUT2D eigenvalue weighted by atomic mass is 16.5. The Bertz CT molecular complexity index is 1280. The molecule has 2 aromatic heterocycles. The van der Waals surface area contributed by atoms with Gasteiger partial charge in [-0.2, -0.15) is 0 Å². The van der Waals surface area contributed by atoms with Gasteiger partial charge in [-0.25, -0.2) is 14.8 Å². The Morgan fingerprint density at radius 3 is 2.90 bits per heavy atom. The fourth-order valence-corrected chi connectivity index (χ4v) is 3.92. The van der Waals surface area contributed by atoms with Crippen molar-refractivity contribution in [1.82, 2.24) is 19.4 Å². The van der Waals surface area contributed by atoms with Gasteiger partial charge in [0.15, 0.2) is 0 Å². The van der Waals surface area contributed by atoms with Crippen molar-refractivity contribution in [1.29, 1.82) is 0 Å². The van der Waals surface area contributed by atoms with E-state index in [1.807, 2.05) is 55.5 Å². The minimum absolute atomic E-state index is 0.206. The van der Waals surface area contributed by atoms with Crippen LogP contribution in [0.5, 0.6) is 11.6 Å². The van der Waals surface area contributed by atoms with Gasteiger partial charge in [-0.3, -0.25) is 4.57 Å². The molecule has 1 amide bonds. The summed E-state index contributed by atoms with van der Waals surface area (Å²) in [6.45, 7) is 3.74. The van der Waals surface area contributed by atoms with E-state index in [2.05, 4.69) is 27.2 Å². The molecule has 0 fully saturated rings. The molecule has 7 nitrogen and oxygen atoms in total. The predicted octanol–water partition coefficient (Wildman–Crippen LogP) is 4.60. The van der Waals surface area contributed by atoms with Crippen LogP contribution in [0, 0.1) is 6.92 Å². The number of hydrogen-bond acceptors (Lipinski definition) is 5. The summed E-state index contributed by atoms with van der Waals surface area (Å²) in [4.78, 5) is 23.8. The Labute approximate surface area is 180 Å². The van der Waals surface area contributed by atoms with Crippen LogP contribution in [0.4, 0.5) is 10.5 Å². The minimum Gasteiger partial charge on any atom is -0.439 e. The molecular formula is C24H23N5O2.